The van der Waals surface area contributed by atoms with Gasteiger partial charge in [0.1, 0.15) is 0 Å². The number of amides is 1. The third-order valence-corrected chi connectivity index (χ3v) is 4.03. The Labute approximate surface area is 115 Å². The van der Waals surface area contributed by atoms with Gasteiger partial charge < -0.3 is 14.7 Å². The fraction of sp³-hybridized carbons (Fsp3) is 0.929. The van der Waals surface area contributed by atoms with E-state index in [1.807, 2.05) is 4.90 Å². The van der Waals surface area contributed by atoms with Crippen molar-refractivity contribution < 1.29 is 14.6 Å². The van der Waals surface area contributed by atoms with Gasteiger partial charge in [0, 0.05) is 32.8 Å². The Hall–Kier alpha value is -0.650. The van der Waals surface area contributed by atoms with Crippen molar-refractivity contribution in [1.29, 1.82) is 0 Å². The van der Waals surface area contributed by atoms with Crippen LogP contribution >= 0.6 is 0 Å². The standard InChI is InChI=1S/C14H26N2O3/c17-10-9-15-5-3-6-16(8-7-15)14(18)12-13-4-1-2-11-19-13/h13,17H,1-12H2. The second kappa shape index (κ2) is 7.82. The summed E-state index contributed by atoms with van der Waals surface area (Å²) < 4.78 is 5.64. The summed E-state index contributed by atoms with van der Waals surface area (Å²) >= 11 is 0. The van der Waals surface area contributed by atoms with E-state index in [1.54, 1.807) is 0 Å². The van der Waals surface area contributed by atoms with Crippen LogP contribution in [0, 0.1) is 0 Å². The molecular weight excluding hydrogens is 244 g/mol. The Balaban J connectivity index is 1.75. The Morgan fingerprint density at radius 3 is 2.79 bits per heavy atom. The van der Waals surface area contributed by atoms with Crippen LogP contribution in [-0.2, 0) is 9.53 Å². The normalized spacial score (nSPS) is 26.2. The predicted octanol–water partition coefficient (Wildman–Crippen LogP) is 0.472. The number of rotatable bonds is 4. The molecule has 0 aromatic heterocycles. The third kappa shape index (κ3) is 4.75. The summed E-state index contributed by atoms with van der Waals surface area (Å²) in [4.78, 5) is 16.5. The average Bonchev–Trinajstić information content (AvgIpc) is 2.66. The highest BCUT2D eigenvalue weighted by Gasteiger charge is 2.23. The Bertz CT molecular complexity index is 280. The van der Waals surface area contributed by atoms with Crippen LogP contribution in [0.1, 0.15) is 32.1 Å². The fourth-order valence-electron chi connectivity index (χ4n) is 2.88. The van der Waals surface area contributed by atoms with Gasteiger partial charge in [0.2, 0.25) is 5.91 Å². The van der Waals surface area contributed by atoms with Gasteiger partial charge in [-0.25, -0.2) is 0 Å². The number of nitrogens with zero attached hydrogens (tertiary/aromatic N) is 2. The second-order valence-electron chi connectivity index (χ2n) is 5.49. The predicted molar refractivity (Wildman–Crippen MR) is 72.9 cm³/mol. The molecular formula is C14H26N2O3. The summed E-state index contributed by atoms with van der Waals surface area (Å²) in [5, 5.41) is 8.96. The van der Waals surface area contributed by atoms with Crippen LogP contribution in [0.4, 0.5) is 0 Å². The van der Waals surface area contributed by atoms with Gasteiger partial charge >= 0.3 is 0 Å². The van der Waals surface area contributed by atoms with Crippen LogP contribution in [0.3, 0.4) is 0 Å². The lowest BCUT2D eigenvalue weighted by Gasteiger charge is -2.26. The molecule has 110 valence electrons. The first-order valence-corrected chi connectivity index (χ1v) is 7.52. The van der Waals surface area contributed by atoms with Gasteiger partial charge in [-0.15, -0.1) is 0 Å². The van der Waals surface area contributed by atoms with Gasteiger partial charge in [0.05, 0.1) is 19.1 Å². The molecule has 0 radical (unpaired) electrons. The first-order valence-electron chi connectivity index (χ1n) is 7.52. The molecule has 0 bridgehead atoms. The summed E-state index contributed by atoms with van der Waals surface area (Å²) in [7, 11) is 0. The molecule has 2 saturated heterocycles. The molecule has 2 heterocycles. The molecule has 2 aliphatic rings. The van der Waals surface area contributed by atoms with Crippen LogP contribution in [0.2, 0.25) is 0 Å². The van der Waals surface area contributed by atoms with Crippen LogP contribution in [0.15, 0.2) is 0 Å². The SMILES string of the molecule is O=C(CC1CCCCO1)N1CCCN(CCO)CC1. The van der Waals surface area contributed by atoms with E-state index < -0.39 is 0 Å². The van der Waals surface area contributed by atoms with E-state index in [4.69, 9.17) is 9.84 Å². The van der Waals surface area contributed by atoms with Crippen LogP contribution in [0.25, 0.3) is 0 Å². The van der Waals surface area contributed by atoms with E-state index in [2.05, 4.69) is 4.90 Å². The molecule has 1 unspecified atom stereocenters. The van der Waals surface area contributed by atoms with Gasteiger partial charge in [0.15, 0.2) is 0 Å². The van der Waals surface area contributed by atoms with Crippen molar-refractivity contribution in [3.63, 3.8) is 0 Å². The van der Waals surface area contributed by atoms with Crippen molar-refractivity contribution >= 4 is 5.91 Å². The molecule has 0 aromatic carbocycles. The molecule has 19 heavy (non-hydrogen) atoms. The van der Waals surface area contributed by atoms with Crippen molar-refractivity contribution in [3.05, 3.63) is 0 Å². The number of β-amino-alcohol motifs (C(OH)–C–C–N with tert-alkyl or cyclic N) is 1. The van der Waals surface area contributed by atoms with E-state index in [1.165, 1.54) is 6.42 Å². The first-order chi connectivity index (χ1) is 9.29. The number of ether oxygens (including phenoxy) is 1. The number of hydrogen-bond donors (Lipinski definition) is 1. The summed E-state index contributed by atoms with van der Waals surface area (Å²) in [6, 6.07) is 0. The summed E-state index contributed by atoms with van der Waals surface area (Å²) in [5.41, 5.74) is 0. The van der Waals surface area contributed by atoms with Crippen molar-refractivity contribution in [2.75, 3.05) is 45.9 Å². The van der Waals surface area contributed by atoms with Crippen LogP contribution in [0.5, 0.6) is 0 Å². The van der Waals surface area contributed by atoms with Crippen molar-refractivity contribution in [2.45, 2.75) is 38.2 Å². The highest BCUT2D eigenvalue weighted by molar-refractivity contribution is 5.76. The summed E-state index contributed by atoms with van der Waals surface area (Å²) in [6.45, 7) is 5.20. The van der Waals surface area contributed by atoms with Crippen molar-refractivity contribution in [3.8, 4) is 0 Å². The highest BCUT2D eigenvalue weighted by Crippen LogP contribution is 2.17. The number of aliphatic hydroxyl groups is 1. The molecule has 0 aromatic rings. The topological polar surface area (TPSA) is 53.0 Å². The van der Waals surface area contributed by atoms with Crippen LogP contribution in [-0.4, -0.2) is 72.9 Å². The maximum Gasteiger partial charge on any atom is 0.225 e. The summed E-state index contributed by atoms with van der Waals surface area (Å²) in [6.07, 6.45) is 5.01. The molecule has 0 spiro atoms. The maximum atomic E-state index is 12.3. The molecule has 0 saturated carbocycles. The molecule has 2 aliphatic heterocycles. The number of aliphatic hydroxyl groups excluding tert-OH is 1. The van der Waals surface area contributed by atoms with Crippen LogP contribution < -0.4 is 0 Å². The quantitative estimate of drug-likeness (QED) is 0.807. The van der Waals surface area contributed by atoms with E-state index in [0.717, 1.165) is 52.0 Å². The second-order valence-corrected chi connectivity index (χ2v) is 5.49. The van der Waals surface area contributed by atoms with Gasteiger partial charge in [-0.2, -0.15) is 0 Å². The molecule has 1 atom stereocenters. The van der Waals surface area contributed by atoms with Gasteiger partial charge in [-0.05, 0) is 32.2 Å². The zero-order chi connectivity index (χ0) is 13.5. The van der Waals surface area contributed by atoms with E-state index in [0.29, 0.717) is 13.0 Å². The molecule has 5 heteroatoms. The van der Waals surface area contributed by atoms with Crippen molar-refractivity contribution in [2.24, 2.45) is 0 Å². The molecule has 5 nitrogen and oxygen atoms in total. The van der Waals surface area contributed by atoms with E-state index >= 15 is 0 Å². The highest BCUT2D eigenvalue weighted by atomic mass is 16.5. The minimum atomic E-state index is 0.137. The minimum absolute atomic E-state index is 0.137. The minimum Gasteiger partial charge on any atom is -0.395 e. The zero-order valence-electron chi connectivity index (χ0n) is 11.7. The first kappa shape index (κ1) is 14.8. The van der Waals surface area contributed by atoms with Gasteiger partial charge in [-0.1, -0.05) is 0 Å². The Kier molecular flexibility index (Phi) is 6.07. The maximum absolute atomic E-state index is 12.3. The summed E-state index contributed by atoms with van der Waals surface area (Å²) in [5.74, 6) is 0.234. The number of hydrogen-bond acceptors (Lipinski definition) is 4. The molecule has 2 fully saturated rings. The third-order valence-electron chi connectivity index (χ3n) is 4.03. The average molecular weight is 270 g/mol. The lowest BCUT2D eigenvalue weighted by molar-refractivity contribution is -0.135. The largest absolute Gasteiger partial charge is 0.395 e. The molecule has 1 N–H and O–H groups in total. The Morgan fingerprint density at radius 2 is 2.05 bits per heavy atom. The Morgan fingerprint density at radius 1 is 1.16 bits per heavy atom. The zero-order valence-corrected chi connectivity index (χ0v) is 11.7. The van der Waals surface area contributed by atoms with E-state index in [-0.39, 0.29) is 18.6 Å². The molecule has 2 rings (SSSR count). The monoisotopic (exact) mass is 270 g/mol. The number of carbonyl (C=O) groups is 1. The molecule has 0 aliphatic carbocycles. The lowest BCUT2D eigenvalue weighted by Crippen LogP contribution is -2.38. The lowest BCUT2D eigenvalue weighted by atomic mass is 10.1. The number of carbonyl (C=O) groups excluding carboxylic acids is 1. The fourth-order valence-corrected chi connectivity index (χ4v) is 2.88. The van der Waals surface area contributed by atoms with Crippen molar-refractivity contribution in [1.82, 2.24) is 9.80 Å². The van der Waals surface area contributed by atoms with Gasteiger partial charge in [0.25, 0.3) is 0 Å². The smallest absolute Gasteiger partial charge is 0.225 e. The van der Waals surface area contributed by atoms with E-state index in [9.17, 15) is 4.79 Å². The molecule has 1 amide bonds. The van der Waals surface area contributed by atoms with Gasteiger partial charge in [-0.3, -0.25) is 9.69 Å².